The lowest BCUT2D eigenvalue weighted by Gasteiger charge is -2.19. The molecule has 0 saturated heterocycles. The summed E-state index contributed by atoms with van der Waals surface area (Å²) in [5.74, 6) is -0.331. The molecule has 0 bridgehead atoms. The summed E-state index contributed by atoms with van der Waals surface area (Å²) in [4.78, 5) is 11.8. The summed E-state index contributed by atoms with van der Waals surface area (Å²) in [6.45, 7) is 5.52. The van der Waals surface area contributed by atoms with Gasteiger partial charge in [0.1, 0.15) is 16.6 Å². The van der Waals surface area contributed by atoms with Gasteiger partial charge in [-0.05, 0) is 39.0 Å². The molecule has 1 heterocycles. The number of fused-ring (bicyclic) bond motifs is 1. The Balaban J connectivity index is 2.29. The monoisotopic (exact) mass is 236 g/mol. The molecule has 84 valence electrons. The van der Waals surface area contributed by atoms with Crippen LogP contribution in [0.2, 0.25) is 0 Å². The second-order valence-electron chi connectivity index (χ2n) is 4.47. The molecule has 1 aromatic carbocycles. The molecule has 0 radical (unpaired) electrons. The molecule has 1 aromatic heterocycles. The van der Waals surface area contributed by atoms with Gasteiger partial charge >= 0.3 is 5.97 Å². The van der Waals surface area contributed by atoms with Gasteiger partial charge in [-0.25, -0.2) is 4.79 Å². The van der Waals surface area contributed by atoms with Crippen LogP contribution < -0.4 is 0 Å². The van der Waals surface area contributed by atoms with Crippen molar-refractivity contribution in [1.29, 1.82) is 0 Å². The summed E-state index contributed by atoms with van der Waals surface area (Å²) in [7, 11) is 0. The molecule has 2 rings (SSSR count). The Kier molecular flexibility index (Phi) is 2.63. The molecule has 16 heavy (non-hydrogen) atoms. The summed E-state index contributed by atoms with van der Waals surface area (Å²) in [5, 5.41) is 0. The second-order valence-corrected chi connectivity index (χ2v) is 5.00. The summed E-state index contributed by atoms with van der Waals surface area (Å²) >= 11 is 1.13. The van der Waals surface area contributed by atoms with Crippen LogP contribution in [0.5, 0.6) is 0 Å². The molecule has 0 spiro atoms. The van der Waals surface area contributed by atoms with Crippen molar-refractivity contribution < 1.29 is 9.53 Å². The molecule has 0 atom stereocenters. The molecule has 0 amide bonds. The van der Waals surface area contributed by atoms with Gasteiger partial charge in [0.05, 0.1) is 17.3 Å². The first-order valence-electron chi connectivity index (χ1n) is 4.91. The first-order chi connectivity index (χ1) is 7.46. The van der Waals surface area contributed by atoms with Crippen molar-refractivity contribution in [3.8, 4) is 0 Å². The quantitative estimate of drug-likeness (QED) is 0.714. The van der Waals surface area contributed by atoms with Crippen LogP contribution >= 0.6 is 11.7 Å². The Hall–Kier alpha value is -1.49. The number of hydrogen-bond donors (Lipinski definition) is 0. The minimum atomic E-state index is -0.480. The van der Waals surface area contributed by atoms with E-state index < -0.39 is 5.60 Å². The van der Waals surface area contributed by atoms with Crippen LogP contribution in [-0.2, 0) is 4.74 Å². The third-order valence-corrected chi connectivity index (χ3v) is 2.45. The number of hydrogen-bond acceptors (Lipinski definition) is 5. The SMILES string of the molecule is CC(C)(C)OC(=O)c1ccc2nsnc2c1. The van der Waals surface area contributed by atoms with Gasteiger partial charge in [-0.2, -0.15) is 8.75 Å². The van der Waals surface area contributed by atoms with Gasteiger partial charge in [0.2, 0.25) is 0 Å². The first kappa shape index (κ1) is 11.0. The molecule has 0 aliphatic rings. The zero-order chi connectivity index (χ0) is 11.8. The number of ether oxygens (including phenoxy) is 1. The van der Waals surface area contributed by atoms with Crippen molar-refractivity contribution in [3.63, 3.8) is 0 Å². The first-order valence-corrected chi connectivity index (χ1v) is 5.64. The highest BCUT2D eigenvalue weighted by Gasteiger charge is 2.18. The molecule has 0 fully saturated rings. The Labute approximate surface area is 97.6 Å². The summed E-state index contributed by atoms with van der Waals surface area (Å²) in [6.07, 6.45) is 0. The van der Waals surface area contributed by atoms with E-state index in [0.29, 0.717) is 5.56 Å². The lowest BCUT2D eigenvalue weighted by Crippen LogP contribution is -2.23. The van der Waals surface area contributed by atoms with E-state index in [9.17, 15) is 4.79 Å². The second kappa shape index (κ2) is 3.83. The summed E-state index contributed by atoms with van der Waals surface area (Å²) in [6, 6.07) is 5.18. The maximum atomic E-state index is 11.8. The van der Waals surface area contributed by atoms with E-state index >= 15 is 0 Å². The van der Waals surface area contributed by atoms with E-state index in [0.717, 1.165) is 22.8 Å². The fourth-order valence-corrected chi connectivity index (χ4v) is 1.76. The van der Waals surface area contributed by atoms with Gasteiger partial charge in [-0.1, -0.05) is 0 Å². The molecule has 5 heteroatoms. The van der Waals surface area contributed by atoms with Crippen molar-refractivity contribution in [2.45, 2.75) is 26.4 Å². The Bertz CT molecular complexity index is 528. The van der Waals surface area contributed by atoms with E-state index in [1.165, 1.54) is 0 Å². The zero-order valence-corrected chi connectivity index (χ0v) is 10.2. The van der Waals surface area contributed by atoms with Gasteiger partial charge < -0.3 is 4.74 Å². The van der Waals surface area contributed by atoms with Gasteiger partial charge in [0.15, 0.2) is 0 Å². The minimum absolute atomic E-state index is 0.331. The van der Waals surface area contributed by atoms with Gasteiger partial charge in [-0.3, -0.25) is 0 Å². The molecular weight excluding hydrogens is 224 g/mol. The fraction of sp³-hybridized carbons (Fsp3) is 0.364. The van der Waals surface area contributed by atoms with Crippen LogP contribution in [0.3, 0.4) is 0 Å². The van der Waals surface area contributed by atoms with Crippen LogP contribution in [0.25, 0.3) is 11.0 Å². The molecule has 0 aliphatic carbocycles. The smallest absolute Gasteiger partial charge is 0.338 e. The Morgan fingerprint density at radius 2 is 1.94 bits per heavy atom. The molecule has 0 saturated carbocycles. The van der Waals surface area contributed by atoms with Crippen LogP contribution in [0, 0.1) is 0 Å². The van der Waals surface area contributed by atoms with Crippen molar-refractivity contribution in [2.24, 2.45) is 0 Å². The van der Waals surface area contributed by atoms with Crippen LogP contribution in [-0.4, -0.2) is 20.3 Å². The molecule has 0 aliphatic heterocycles. The number of benzene rings is 1. The number of nitrogens with zero attached hydrogens (tertiary/aromatic N) is 2. The standard InChI is InChI=1S/C11H12N2O2S/c1-11(2,3)15-10(14)7-4-5-8-9(6-7)13-16-12-8/h4-6H,1-3H3. The molecule has 2 aromatic rings. The lowest BCUT2D eigenvalue weighted by atomic mass is 10.1. The topological polar surface area (TPSA) is 52.1 Å². The molecule has 4 nitrogen and oxygen atoms in total. The van der Waals surface area contributed by atoms with Gasteiger partial charge in [0.25, 0.3) is 0 Å². The lowest BCUT2D eigenvalue weighted by molar-refractivity contribution is 0.00697. The van der Waals surface area contributed by atoms with Crippen LogP contribution in [0.15, 0.2) is 18.2 Å². The summed E-state index contributed by atoms with van der Waals surface area (Å²) < 4.78 is 13.4. The van der Waals surface area contributed by atoms with Gasteiger partial charge in [-0.15, -0.1) is 0 Å². The maximum Gasteiger partial charge on any atom is 0.338 e. The average Bonchev–Trinajstić information content (AvgIpc) is 2.61. The van der Waals surface area contributed by atoms with Crippen molar-refractivity contribution >= 4 is 28.7 Å². The third-order valence-electron chi connectivity index (χ3n) is 1.89. The van der Waals surface area contributed by atoms with Crippen molar-refractivity contribution in [3.05, 3.63) is 23.8 Å². The minimum Gasteiger partial charge on any atom is -0.456 e. The van der Waals surface area contributed by atoms with E-state index in [2.05, 4.69) is 8.75 Å². The van der Waals surface area contributed by atoms with E-state index in [-0.39, 0.29) is 5.97 Å². The fourth-order valence-electron chi connectivity index (χ4n) is 1.25. The third kappa shape index (κ3) is 2.36. The number of esters is 1. The highest BCUT2D eigenvalue weighted by molar-refractivity contribution is 7.00. The number of aromatic nitrogens is 2. The highest BCUT2D eigenvalue weighted by Crippen LogP contribution is 2.16. The summed E-state index contributed by atoms with van der Waals surface area (Å²) in [5.41, 5.74) is 1.56. The normalized spacial score (nSPS) is 11.7. The van der Waals surface area contributed by atoms with E-state index in [4.69, 9.17) is 4.74 Å². The number of carbonyl (C=O) groups is 1. The largest absolute Gasteiger partial charge is 0.456 e. The maximum absolute atomic E-state index is 11.8. The zero-order valence-electron chi connectivity index (χ0n) is 9.35. The average molecular weight is 236 g/mol. The predicted molar refractivity (Wildman–Crippen MR) is 62.6 cm³/mol. The van der Waals surface area contributed by atoms with Gasteiger partial charge in [0, 0.05) is 0 Å². The van der Waals surface area contributed by atoms with E-state index in [1.54, 1.807) is 18.2 Å². The number of carbonyl (C=O) groups excluding carboxylic acids is 1. The van der Waals surface area contributed by atoms with Crippen molar-refractivity contribution in [1.82, 2.24) is 8.75 Å². The highest BCUT2D eigenvalue weighted by atomic mass is 32.1. The molecular formula is C11H12N2O2S. The van der Waals surface area contributed by atoms with Crippen LogP contribution in [0.4, 0.5) is 0 Å². The number of rotatable bonds is 1. The Morgan fingerprint density at radius 3 is 2.62 bits per heavy atom. The Morgan fingerprint density at radius 1 is 1.25 bits per heavy atom. The van der Waals surface area contributed by atoms with Crippen LogP contribution in [0.1, 0.15) is 31.1 Å². The predicted octanol–water partition coefficient (Wildman–Crippen LogP) is 2.65. The van der Waals surface area contributed by atoms with Crippen molar-refractivity contribution in [2.75, 3.05) is 0 Å². The molecule has 0 N–H and O–H groups in total. The van der Waals surface area contributed by atoms with E-state index in [1.807, 2.05) is 20.8 Å². The molecule has 0 unspecified atom stereocenters.